The largest absolute Gasteiger partial charge is 0.298 e. The highest BCUT2D eigenvalue weighted by Crippen LogP contribution is 2.20. The van der Waals surface area contributed by atoms with Crippen LogP contribution >= 0.6 is 11.6 Å². The van der Waals surface area contributed by atoms with Gasteiger partial charge in [-0.05, 0) is 31.5 Å². The summed E-state index contributed by atoms with van der Waals surface area (Å²) in [7, 11) is 0. The predicted molar refractivity (Wildman–Crippen MR) is 51.6 cm³/mol. The fraction of sp³-hybridized carbons (Fsp3) is 0.200. The highest BCUT2D eigenvalue weighted by molar-refractivity contribution is 6.31. The van der Waals surface area contributed by atoms with Gasteiger partial charge in [0, 0.05) is 16.1 Å². The van der Waals surface area contributed by atoms with Crippen molar-refractivity contribution in [2.45, 2.75) is 13.8 Å². The molecule has 0 aliphatic rings. The third-order valence-corrected chi connectivity index (χ3v) is 2.24. The highest BCUT2D eigenvalue weighted by atomic mass is 35.5. The van der Waals surface area contributed by atoms with Crippen molar-refractivity contribution < 1.29 is 9.59 Å². The van der Waals surface area contributed by atoms with Crippen LogP contribution in [0.5, 0.6) is 0 Å². The number of aldehydes is 1. The molecule has 0 aliphatic heterocycles. The number of ketones is 1. The van der Waals surface area contributed by atoms with Gasteiger partial charge in [0.15, 0.2) is 12.1 Å². The molecule has 1 aromatic rings. The second-order valence-electron chi connectivity index (χ2n) is 2.86. The van der Waals surface area contributed by atoms with E-state index >= 15 is 0 Å². The Balaban J connectivity index is 3.41. The van der Waals surface area contributed by atoms with Crippen LogP contribution in [0.25, 0.3) is 0 Å². The minimum Gasteiger partial charge on any atom is -0.298 e. The fourth-order valence-corrected chi connectivity index (χ4v) is 1.27. The minimum atomic E-state index is -0.123. The van der Waals surface area contributed by atoms with Crippen LogP contribution in [0.2, 0.25) is 5.02 Å². The van der Waals surface area contributed by atoms with Crippen molar-refractivity contribution in [2.24, 2.45) is 0 Å². The summed E-state index contributed by atoms with van der Waals surface area (Å²) in [5, 5.41) is 0.507. The summed E-state index contributed by atoms with van der Waals surface area (Å²) in [6, 6.07) is 3.15. The Morgan fingerprint density at radius 3 is 2.54 bits per heavy atom. The predicted octanol–water partition coefficient (Wildman–Crippen LogP) is 2.66. The minimum absolute atomic E-state index is 0.123. The molecule has 0 N–H and O–H groups in total. The monoisotopic (exact) mass is 196 g/mol. The van der Waals surface area contributed by atoms with E-state index in [9.17, 15) is 9.59 Å². The topological polar surface area (TPSA) is 34.1 Å². The molecule has 0 aromatic heterocycles. The molecule has 0 bridgehead atoms. The lowest BCUT2D eigenvalue weighted by atomic mass is 10.0. The first-order valence-corrected chi connectivity index (χ1v) is 4.20. The number of Topliss-reactive ketones (excluding diaryl/α,β-unsaturated/α-hetero) is 1. The van der Waals surface area contributed by atoms with Crippen LogP contribution in [0, 0.1) is 6.92 Å². The molecule has 0 saturated carbocycles. The summed E-state index contributed by atoms with van der Waals surface area (Å²) in [6.45, 7) is 3.22. The fourth-order valence-electron chi connectivity index (χ4n) is 1.10. The van der Waals surface area contributed by atoms with Crippen molar-refractivity contribution in [1.29, 1.82) is 0 Å². The molecular weight excluding hydrogens is 188 g/mol. The van der Waals surface area contributed by atoms with E-state index < -0.39 is 0 Å². The van der Waals surface area contributed by atoms with Crippen LogP contribution in [0.4, 0.5) is 0 Å². The maximum absolute atomic E-state index is 11.1. The number of hydrogen-bond donors (Lipinski definition) is 0. The van der Waals surface area contributed by atoms with E-state index in [-0.39, 0.29) is 5.78 Å². The molecule has 68 valence electrons. The Hall–Kier alpha value is -1.15. The third-order valence-electron chi connectivity index (χ3n) is 1.84. The van der Waals surface area contributed by atoms with Gasteiger partial charge in [0.2, 0.25) is 0 Å². The van der Waals surface area contributed by atoms with Crippen LogP contribution in [-0.2, 0) is 0 Å². The van der Waals surface area contributed by atoms with Crippen molar-refractivity contribution in [3.8, 4) is 0 Å². The number of carbonyl (C=O) groups excluding carboxylic acids is 2. The van der Waals surface area contributed by atoms with Crippen molar-refractivity contribution >= 4 is 23.7 Å². The smallest absolute Gasteiger partial charge is 0.160 e. The van der Waals surface area contributed by atoms with E-state index in [1.807, 2.05) is 0 Å². The summed E-state index contributed by atoms with van der Waals surface area (Å²) in [6.07, 6.45) is 0.641. The maximum atomic E-state index is 11.1. The van der Waals surface area contributed by atoms with Gasteiger partial charge in [-0.15, -0.1) is 0 Å². The second-order valence-corrected chi connectivity index (χ2v) is 3.27. The first-order valence-electron chi connectivity index (χ1n) is 3.82. The molecule has 1 aromatic carbocycles. The SMILES string of the molecule is CC(=O)c1cc(C)c(Cl)cc1C=O. The zero-order valence-corrected chi connectivity index (χ0v) is 8.18. The van der Waals surface area contributed by atoms with Crippen molar-refractivity contribution in [3.63, 3.8) is 0 Å². The van der Waals surface area contributed by atoms with Gasteiger partial charge in [0.05, 0.1) is 0 Å². The molecule has 0 atom stereocenters. The Morgan fingerprint density at radius 2 is 2.08 bits per heavy atom. The molecule has 13 heavy (non-hydrogen) atoms. The van der Waals surface area contributed by atoms with Crippen molar-refractivity contribution in [3.05, 3.63) is 33.8 Å². The lowest BCUT2D eigenvalue weighted by Crippen LogP contribution is -1.99. The third kappa shape index (κ3) is 1.95. The number of benzene rings is 1. The van der Waals surface area contributed by atoms with Gasteiger partial charge in [0.25, 0.3) is 0 Å². The van der Waals surface area contributed by atoms with Gasteiger partial charge < -0.3 is 0 Å². The molecule has 0 aliphatic carbocycles. The number of halogens is 1. The van der Waals surface area contributed by atoms with Crippen LogP contribution in [0.15, 0.2) is 12.1 Å². The molecule has 0 amide bonds. The van der Waals surface area contributed by atoms with E-state index in [1.165, 1.54) is 13.0 Å². The van der Waals surface area contributed by atoms with Crippen LogP contribution in [0.3, 0.4) is 0 Å². The first kappa shape index (κ1) is 9.93. The molecule has 0 heterocycles. The van der Waals surface area contributed by atoms with E-state index in [1.54, 1.807) is 13.0 Å². The molecule has 0 spiro atoms. The van der Waals surface area contributed by atoms with Gasteiger partial charge in [0.1, 0.15) is 0 Å². The van der Waals surface area contributed by atoms with E-state index in [0.29, 0.717) is 22.4 Å². The molecule has 0 fully saturated rings. The van der Waals surface area contributed by atoms with E-state index in [0.717, 1.165) is 5.56 Å². The lowest BCUT2D eigenvalue weighted by molar-refractivity contribution is 0.100. The molecular formula is C10H9ClO2. The zero-order chi connectivity index (χ0) is 10.0. The second kappa shape index (κ2) is 3.71. The number of carbonyl (C=O) groups is 2. The Bertz CT molecular complexity index is 369. The standard InChI is InChI=1S/C10H9ClO2/c1-6-3-9(7(2)13)8(5-12)4-10(6)11/h3-5H,1-2H3. The number of hydrogen-bond acceptors (Lipinski definition) is 2. The van der Waals surface area contributed by atoms with Crippen LogP contribution < -0.4 is 0 Å². The van der Waals surface area contributed by atoms with Crippen LogP contribution in [-0.4, -0.2) is 12.1 Å². The average molecular weight is 197 g/mol. The molecule has 3 heteroatoms. The summed E-state index contributed by atoms with van der Waals surface area (Å²) in [5.74, 6) is -0.123. The molecule has 1 rings (SSSR count). The van der Waals surface area contributed by atoms with Crippen LogP contribution in [0.1, 0.15) is 33.2 Å². The Labute approximate surface area is 81.5 Å². The summed E-state index contributed by atoms with van der Waals surface area (Å²) in [4.78, 5) is 21.7. The lowest BCUT2D eigenvalue weighted by Gasteiger charge is -2.03. The highest BCUT2D eigenvalue weighted by Gasteiger charge is 2.08. The van der Waals surface area contributed by atoms with Gasteiger partial charge >= 0.3 is 0 Å². The maximum Gasteiger partial charge on any atom is 0.160 e. The van der Waals surface area contributed by atoms with E-state index in [4.69, 9.17) is 11.6 Å². The number of rotatable bonds is 2. The van der Waals surface area contributed by atoms with Gasteiger partial charge in [-0.2, -0.15) is 0 Å². The molecule has 0 radical (unpaired) electrons. The molecule has 2 nitrogen and oxygen atoms in total. The Kier molecular flexibility index (Phi) is 2.83. The summed E-state index contributed by atoms with van der Waals surface area (Å²) < 4.78 is 0. The Morgan fingerprint density at radius 1 is 1.46 bits per heavy atom. The quantitative estimate of drug-likeness (QED) is 0.538. The molecule has 0 unspecified atom stereocenters. The average Bonchev–Trinajstić information content (AvgIpc) is 2.08. The van der Waals surface area contributed by atoms with Gasteiger partial charge in [-0.25, -0.2) is 0 Å². The zero-order valence-electron chi connectivity index (χ0n) is 7.43. The normalized spacial score (nSPS) is 9.77. The summed E-state index contributed by atoms with van der Waals surface area (Å²) >= 11 is 5.80. The van der Waals surface area contributed by atoms with E-state index in [2.05, 4.69) is 0 Å². The van der Waals surface area contributed by atoms with Crippen molar-refractivity contribution in [2.75, 3.05) is 0 Å². The van der Waals surface area contributed by atoms with Gasteiger partial charge in [-0.3, -0.25) is 9.59 Å². The molecule has 0 saturated heterocycles. The summed E-state index contributed by atoms with van der Waals surface area (Å²) in [5.41, 5.74) is 1.58. The number of aryl methyl sites for hydroxylation is 1. The first-order chi connectivity index (χ1) is 6.06. The van der Waals surface area contributed by atoms with Crippen molar-refractivity contribution in [1.82, 2.24) is 0 Å². The van der Waals surface area contributed by atoms with Gasteiger partial charge in [-0.1, -0.05) is 11.6 Å².